The van der Waals surface area contributed by atoms with E-state index in [1.807, 2.05) is 29.8 Å². The van der Waals surface area contributed by atoms with Crippen LogP contribution in [0.5, 0.6) is 0 Å². The Morgan fingerprint density at radius 3 is 2.60 bits per heavy atom. The minimum atomic E-state index is -0.570. The Labute approximate surface area is 173 Å². The number of para-hydroxylation sites is 1. The van der Waals surface area contributed by atoms with Crippen LogP contribution < -0.4 is 16.0 Å². The maximum absolute atomic E-state index is 12.8. The van der Waals surface area contributed by atoms with E-state index >= 15 is 0 Å². The molecular formula is C21H23N7O2. The van der Waals surface area contributed by atoms with Crippen molar-refractivity contribution in [2.24, 2.45) is 11.7 Å². The highest BCUT2D eigenvalue weighted by Gasteiger charge is 2.27. The highest BCUT2D eigenvalue weighted by Crippen LogP contribution is 2.24. The van der Waals surface area contributed by atoms with Gasteiger partial charge in [-0.05, 0) is 44.0 Å². The number of hydrogen-bond donors (Lipinski definition) is 2. The number of amides is 2. The van der Waals surface area contributed by atoms with E-state index in [-0.39, 0.29) is 11.8 Å². The number of primary amides is 1. The number of aromatic nitrogens is 4. The monoisotopic (exact) mass is 405 g/mol. The van der Waals surface area contributed by atoms with Gasteiger partial charge in [-0.1, -0.05) is 12.1 Å². The summed E-state index contributed by atoms with van der Waals surface area (Å²) in [5.41, 5.74) is 6.14. The van der Waals surface area contributed by atoms with E-state index < -0.39 is 5.91 Å². The average Bonchev–Trinajstić information content (AvgIpc) is 3.20. The number of aryl methyl sites for hydroxylation is 1. The maximum Gasteiger partial charge on any atom is 0.250 e. The summed E-state index contributed by atoms with van der Waals surface area (Å²) in [5.74, 6) is 1.33. The molecule has 4 rings (SSSR count). The van der Waals surface area contributed by atoms with Crippen LogP contribution in [0.4, 0.5) is 11.5 Å². The van der Waals surface area contributed by atoms with E-state index in [0.717, 1.165) is 31.0 Å². The molecule has 3 aromatic rings. The number of carbonyl (C=O) groups excluding carboxylic acids is 2. The summed E-state index contributed by atoms with van der Waals surface area (Å²) in [4.78, 5) is 30.7. The summed E-state index contributed by atoms with van der Waals surface area (Å²) < 4.78 is 1.86. The molecule has 2 amide bonds. The molecule has 2 aromatic heterocycles. The van der Waals surface area contributed by atoms with Crippen LogP contribution in [0.1, 0.15) is 29.0 Å². The highest BCUT2D eigenvalue weighted by molar-refractivity contribution is 6.03. The molecule has 0 aliphatic carbocycles. The van der Waals surface area contributed by atoms with Crippen molar-refractivity contribution in [2.45, 2.75) is 19.8 Å². The van der Waals surface area contributed by atoms with Crippen molar-refractivity contribution in [3.8, 4) is 5.82 Å². The molecule has 0 radical (unpaired) electrons. The summed E-state index contributed by atoms with van der Waals surface area (Å²) in [6.07, 6.45) is 5.18. The lowest BCUT2D eigenvalue weighted by atomic mass is 9.96. The highest BCUT2D eigenvalue weighted by atomic mass is 16.2. The summed E-state index contributed by atoms with van der Waals surface area (Å²) in [6, 6.07) is 10.6. The van der Waals surface area contributed by atoms with E-state index in [0.29, 0.717) is 23.6 Å². The smallest absolute Gasteiger partial charge is 0.250 e. The number of nitrogens with one attached hydrogen (secondary N) is 1. The first-order valence-electron chi connectivity index (χ1n) is 9.81. The lowest BCUT2D eigenvalue weighted by molar-refractivity contribution is -0.120. The van der Waals surface area contributed by atoms with Gasteiger partial charge in [-0.15, -0.1) is 10.2 Å². The molecule has 1 saturated heterocycles. The fraction of sp³-hybridized carbons (Fsp3) is 0.286. The van der Waals surface area contributed by atoms with E-state index in [9.17, 15) is 9.59 Å². The van der Waals surface area contributed by atoms with Gasteiger partial charge >= 0.3 is 0 Å². The molecule has 1 aliphatic heterocycles. The second-order valence-electron chi connectivity index (χ2n) is 7.28. The van der Waals surface area contributed by atoms with E-state index in [2.05, 4.69) is 25.4 Å². The number of nitrogens with two attached hydrogens (primary N) is 1. The Hall–Kier alpha value is -3.75. The van der Waals surface area contributed by atoms with Crippen LogP contribution >= 0.6 is 0 Å². The number of imidazole rings is 1. The van der Waals surface area contributed by atoms with Crippen molar-refractivity contribution < 1.29 is 9.59 Å². The van der Waals surface area contributed by atoms with E-state index in [1.165, 1.54) is 0 Å². The molecule has 1 atom stereocenters. The number of hydrogen-bond acceptors (Lipinski definition) is 6. The lowest BCUT2D eigenvalue weighted by Gasteiger charge is -2.32. The topological polar surface area (TPSA) is 119 Å². The second-order valence-corrected chi connectivity index (χ2v) is 7.28. The van der Waals surface area contributed by atoms with Crippen LogP contribution in [0.15, 0.2) is 48.8 Å². The third-order valence-electron chi connectivity index (χ3n) is 5.28. The van der Waals surface area contributed by atoms with Crippen LogP contribution in [-0.2, 0) is 4.79 Å². The van der Waals surface area contributed by atoms with Gasteiger partial charge in [-0.25, -0.2) is 4.98 Å². The molecule has 3 N–H and O–H groups in total. The van der Waals surface area contributed by atoms with Gasteiger partial charge in [0.2, 0.25) is 5.91 Å². The first kappa shape index (κ1) is 19.6. The number of anilines is 2. The standard InChI is InChI=1S/C21H23N7O2/c1-14-23-10-12-28(14)19-9-8-18(25-26-19)27-11-4-5-15(13-27)21(30)24-17-7-3-2-6-16(17)20(22)29/h2-3,6-10,12,15H,4-5,11,13H2,1H3,(H2,22,29)(H,24,30). The quantitative estimate of drug-likeness (QED) is 0.669. The molecule has 0 bridgehead atoms. The molecule has 9 nitrogen and oxygen atoms in total. The van der Waals surface area contributed by atoms with Gasteiger partial charge in [0.25, 0.3) is 5.91 Å². The Bertz CT molecular complexity index is 1060. The molecule has 1 aromatic carbocycles. The van der Waals surface area contributed by atoms with Gasteiger partial charge < -0.3 is 16.0 Å². The number of carbonyl (C=O) groups is 2. The van der Waals surface area contributed by atoms with Gasteiger partial charge in [0, 0.05) is 25.5 Å². The minimum Gasteiger partial charge on any atom is -0.366 e. The zero-order valence-corrected chi connectivity index (χ0v) is 16.7. The summed E-state index contributed by atoms with van der Waals surface area (Å²) in [6.45, 7) is 3.24. The van der Waals surface area contributed by atoms with Crippen LogP contribution in [0, 0.1) is 12.8 Å². The largest absolute Gasteiger partial charge is 0.366 e. The lowest BCUT2D eigenvalue weighted by Crippen LogP contribution is -2.41. The van der Waals surface area contributed by atoms with Crippen molar-refractivity contribution >= 4 is 23.3 Å². The van der Waals surface area contributed by atoms with Crippen molar-refractivity contribution in [1.29, 1.82) is 0 Å². The van der Waals surface area contributed by atoms with Crippen molar-refractivity contribution in [3.05, 3.63) is 60.2 Å². The predicted octanol–water partition coefficient (Wildman–Crippen LogP) is 1.92. The van der Waals surface area contributed by atoms with Crippen molar-refractivity contribution in [2.75, 3.05) is 23.3 Å². The fourth-order valence-electron chi connectivity index (χ4n) is 3.68. The molecule has 1 aliphatic rings. The summed E-state index contributed by atoms with van der Waals surface area (Å²) >= 11 is 0. The molecular weight excluding hydrogens is 382 g/mol. The Kier molecular flexibility index (Phi) is 5.42. The van der Waals surface area contributed by atoms with E-state index in [1.54, 1.807) is 30.5 Å². The molecule has 3 heterocycles. The SMILES string of the molecule is Cc1nccn1-c1ccc(N2CCCC(C(=O)Nc3ccccc3C(N)=O)C2)nn1. The summed E-state index contributed by atoms with van der Waals surface area (Å²) in [5, 5.41) is 11.5. The molecule has 1 unspecified atom stereocenters. The number of nitrogens with zero attached hydrogens (tertiary/aromatic N) is 5. The van der Waals surface area contributed by atoms with Gasteiger partial charge in [0.1, 0.15) is 5.82 Å². The second kappa shape index (κ2) is 8.32. The van der Waals surface area contributed by atoms with Crippen LogP contribution in [0.25, 0.3) is 5.82 Å². The zero-order chi connectivity index (χ0) is 21.1. The van der Waals surface area contributed by atoms with Gasteiger partial charge in [0.05, 0.1) is 17.2 Å². The molecule has 0 saturated carbocycles. The zero-order valence-electron chi connectivity index (χ0n) is 16.7. The van der Waals surface area contributed by atoms with Crippen LogP contribution in [0.2, 0.25) is 0 Å². The fourth-order valence-corrected chi connectivity index (χ4v) is 3.68. The van der Waals surface area contributed by atoms with Gasteiger partial charge in [-0.3, -0.25) is 14.2 Å². The first-order chi connectivity index (χ1) is 14.5. The Balaban J connectivity index is 1.45. The van der Waals surface area contributed by atoms with Gasteiger partial charge in [-0.2, -0.15) is 0 Å². The molecule has 9 heteroatoms. The van der Waals surface area contributed by atoms with Crippen LogP contribution in [0.3, 0.4) is 0 Å². The average molecular weight is 405 g/mol. The van der Waals surface area contributed by atoms with E-state index in [4.69, 9.17) is 5.73 Å². The molecule has 154 valence electrons. The van der Waals surface area contributed by atoms with Gasteiger partial charge in [0.15, 0.2) is 11.6 Å². The third kappa shape index (κ3) is 4.00. The normalized spacial score (nSPS) is 16.3. The minimum absolute atomic E-state index is 0.132. The summed E-state index contributed by atoms with van der Waals surface area (Å²) in [7, 11) is 0. The van der Waals surface area contributed by atoms with Crippen LogP contribution in [-0.4, -0.2) is 44.7 Å². The molecule has 30 heavy (non-hydrogen) atoms. The third-order valence-corrected chi connectivity index (χ3v) is 5.28. The molecule has 1 fully saturated rings. The van der Waals surface area contributed by atoms with Crippen molar-refractivity contribution in [3.63, 3.8) is 0 Å². The Morgan fingerprint density at radius 1 is 1.13 bits per heavy atom. The number of rotatable bonds is 5. The predicted molar refractivity (Wildman–Crippen MR) is 112 cm³/mol. The first-order valence-corrected chi connectivity index (χ1v) is 9.81. The Morgan fingerprint density at radius 2 is 1.90 bits per heavy atom. The number of piperidine rings is 1. The number of benzene rings is 1. The maximum atomic E-state index is 12.8. The van der Waals surface area contributed by atoms with Crippen molar-refractivity contribution in [1.82, 2.24) is 19.7 Å². The molecule has 0 spiro atoms.